The smallest absolute Gasteiger partial charge is 0.247 e. The maximum atomic E-state index is 14.4. The van der Waals surface area contributed by atoms with E-state index < -0.39 is 45.3 Å². The second kappa shape index (κ2) is 8.66. The fourth-order valence-corrected chi connectivity index (χ4v) is 8.32. The molecule has 3 aliphatic carbocycles. The van der Waals surface area contributed by atoms with E-state index >= 15 is 0 Å². The summed E-state index contributed by atoms with van der Waals surface area (Å²) in [5.41, 5.74) is 3.55. The van der Waals surface area contributed by atoms with Gasteiger partial charge in [-0.15, -0.1) is 23.2 Å². The van der Waals surface area contributed by atoms with Crippen molar-refractivity contribution in [2.75, 3.05) is 5.32 Å². The molecule has 1 heterocycles. The standard InChI is InChI=1S/C33H26Cl2N2O3/c1-18(2)28(29(38)36-25-17-9-11-19-10-3-4-12-20(19)25)37-30(39)26-27(31(37)40)33(35)22-14-6-5-13-21(22)32(26,34)23-15-7-8-16-24(23)33/h3-18,26-28H,1-2H3,(H,36,38)/t26-,27-,28+,32?,33?/m1/s1. The number of amides is 3. The first kappa shape index (κ1) is 25.3. The highest BCUT2D eigenvalue weighted by atomic mass is 35.5. The van der Waals surface area contributed by atoms with Crippen molar-refractivity contribution >= 4 is 57.4 Å². The lowest BCUT2D eigenvalue weighted by Gasteiger charge is -2.54. The molecule has 40 heavy (non-hydrogen) atoms. The molecule has 8 rings (SSSR count). The third kappa shape index (κ3) is 3.08. The maximum Gasteiger partial charge on any atom is 0.247 e. The SMILES string of the molecule is CC(C)[C@@H](C(=O)Nc1cccc2ccccc12)N1C(=O)[C@H]2[C@H](C1=O)C1(Cl)c3ccccc3C2(Cl)c2ccccc21. The van der Waals surface area contributed by atoms with Gasteiger partial charge in [0.05, 0.1) is 11.8 Å². The van der Waals surface area contributed by atoms with Gasteiger partial charge in [0.25, 0.3) is 0 Å². The number of hydrogen-bond acceptors (Lipinski definition) is 3. The number of anilines is 1. The Morgan fingerprint density at radius 2 is 1.18 bits per heavy atom. The second-order valence-electron chi connectivity index (χ2n) is 11.2. The number of halogens is 2. The molecule has 200 valence electrons. The monoisotopic (exact) mass is 568 g/mol. The van der Waals surface area contributed by atoms with E-state index in [1.807, 2.05) is 105 Å². The number of carbonyl (C=O) groups is 3. The molecule has 2 bridgehead atoms. The predicted molar refractivity (Wildman–Crippen MR) is 156 cm³/mol. The summed E-state index contributed by atoms with van der Waals surface area (Å²) in [6.07, 6.45) is 0. The van der Waals surface area contributed by atoms with Crippen LogP contribution in [0.3, 0.4) is 0 Å². The van der Waals surface area contributed by atoms with Crippen molar-refractivity contribution in [3.8, 4) is 0 Å². The van der Waals surface area contributed by atoms with Gasteiger partial charge in [0.15, 0.2) is 0 Å². The number of imide groups is 1. The Labute approximate surface area is 242 Å². The van der Waals surface area contributed by atoms with Gasteiger partial charge in [0, 0.05) is 11.1 Å². The molecule has 4 aliphatic rings. The minimum Gasteiger partial charge on any atom is -0.324 e. The molecule has 0 unspecified atom stereocenters. The summed E-state index contributed by atoms with van der Waals surface area (Å²) in [6.45, 7) is 3.67. The van der Waals surface area contributed by atoms with Crippen LogP contribution in [0.1, 0.15) is 36.1 Å². The zero-order valence-corrected chi connectivity index (χ0v) is 23.4. The van der Waals surface area contributed by atoms with Crippen LogP contribution in [0.4, 0.5) is 5.69 Å². The van der Waals surface area contributed by atoms with Crippen molar-refractivity contribution in [1.82, 2.24) is 4.90 Å². The van der Waals surface area contributed by atoms with Gasteiger partial charge in [-0.2, -0.15) is 0 Å². The first-order chi connectivity index (χ1) is 19.2. The molecular weight excluding hydrogens is 543 g/mol. The fourth-order valence-electron chi connectivity index (χ4n) is 7.22. The van der Waals surface area contributed by atoms with Crippen LogP contribution in [0.25, 0.3) is 10.8 Å². The van der Waals surface area contributed by atoms with Crippen LogP contribution in [0, 0.1) is 17.8 Å². The van der Waals surface area contributed by atoms with Gasteiger partial charge in [0.2, 0.25) is 17.7 Å². The van der Waals surface area contributed by atoms with Crippen molar-refractivity contribution in [2.45, 2.75) is 29.6 Å². The number of nitrogens with one attached hydrogen (secondary N) is 1. The van der Waals surface area contributed by atoms with Gasteiger partial charge in [-0.3, -0.25) is 19.3 Å². The lowest BCUT2D eigenvalue weighted by molar-refractivity contribution is -0.148. The quantitative estimate of drug-likeness (QED) is 0.229. The largest absolute Gasteiger partial charge is 0.324 e. The van der Waals surface area contributed by atoms with Crippen LogP contribution in [0.15, 0.2) is 91.0 Å². The number of fused-ring (bicyclic) bond motifs is 1. The number of likely N-dealkylation sites (tertiary alicyclic amines) is 1. The van der Waals surface area contributed by atoms with Crippen molar-refractivity contribution in [3.63, 3.8) is 0 Å². The lowest BCUT2D eigenvalue weighted by atomic mass is 9.54. The summed E-state index contributed by atoms with van der Waals surface area (Å²) in [4.78, 5) is 41.3. The van der Waals surface area contributed by atoms with Gasteiger partial charge in [0.1, 0.15) is 15.8 Å². The summed E-state index contributed by atoms with van der Waals surface area (Å²) < 4.78 is 0. The van der Waals surface area contributed by atoms with Crippen LogP contribution >= 0.6 is 23.2 Å². The number of benzene rings is 4. The number of nitrogens with zero attached hydrogens (tertiary/aromatic N) is 1. The van der Waals surface area contributed by atoms with E-state index in [0.29, 0.717) is 5.69 Å². The van der Waals surface area contributed by atoms with Gasteiger partial charge in [-0.05, 0) is 39.6 Å². The molecule has 1 saturated heterocycles. The lowest BCUT2D eigenvalue weighted by Crippen LogP contribution is -2.57. The predicted octanol–water partition coefficient (Wildman–Crippen LogP) is 6.40. The maximum absolute atomic E-state index is 14.4. The zero-order chi connectivity index (χ0) is 28.0. The number of rotatable bonds is 4. The van der Waals surface area contributed by atoms with E-state index in [1.54, 1.807) is 0 Å². The fraction of sp³-hybridized carbons (Fsp3) is 0.242. The van der Waals surface area contributed by atoms with Crippen molar-refractivity contribution < 1.29 is 14.4 Å². The van der Waals surface area contributed by atoms with Crippen LogP contribution in [0.2, 0.25) is 0 Å². The molecule has 3 atom stereocenters. The molecule has 0 spiro atoms. The van der Waals surface area contributed by atoms with Crippen molar-refractivity contribution in [3.05, 3.63) is 113 Å². The molecule has 4 aromatic carbocycles. The van der Waals surface area contributed by atoms with E-state index in [1.165, 1.54) is 0 Å². The van der Waals surface area contributed by atoms with Crippen LogP contribution in [0.5, 0.6) is 0 Å². The Balaban J connectivity index is 1.35. The summed E-state index contributed by atoms with van der Waals surface area (Å²) in [7, 11) is 0. The van der Waals surface area contributed by atoms with Gasteiger partial charge in [-0.1, -0.05) is 98.8 Å². The van der Waals surface area contributed by atoms with Gasteiger partial charge < -0.3 is 5.32 Å². The van der Waals surface area contributed by atoms with E-state index in [2.05, 4.69) is 5.32 Å². The highest BCUT2D eigenvalue weighted by molar-refractivity contribution is 6.36. The first-order valence-electron chi connectivity index (χ1n) is 13.4. The molecule has 0 saturated carbocycles. The molecule has 4 aromatic rings. The average Bonchev–Trinajstić information content (AvgIpc) is 3.23. The summed E-state index contributed by atoms with van der Waals surface area (Å²) in [5, 5.41) is 4.85. The molecular formula is C33H26Cl2N2O3. The molecule has 7 heteroatoms. The number of alkyl halides is 2. The minimum absolute atomic E-state index is 0.358. The van der Waals surface area contributed by atoms with Crippen molar-refractivity contribution in [1.29, 1.82) is 0 Å². The molecule has 1 N–H and O–H groups in total. The minimum atomic E-state index is -1.29. The van der Waals surface area contributed by atoms with Crippen LogP contribution in [-0.4, -0.2) is 28.7 Å². The first-order valence-corrected chi connectivity index (χ1v) is 14.2. The Bertz CT molecular complexity index is 1620. The van der Waals surface area contributed by atoms with Gasteiger partial charge >= 0.3 is 0 Å². The summed E-state index contributed by atoms with van der Waals surface area (Å²) >= 11 is 15.1. The summed E-state index contributed by atoms with van der Waals surface area (Å²) in [6, 6.07) is 27.4. The molecule has 0 aromatic heterocycles. The van der Waals surface area contributed by atoms with E-state index in [4.69, 9.17) is 23.2 Å². The molecule has 1 aliphatic heterocycles. The average molecular weight is 569 g/mol. The third-order valence-electron chi connectivity index (χ3n) is 8.85. The molecule has 1 fully saturated rings. The molecule has 3 amide bonds. The van der Waals surface area contributed by atoms with Crippen LogP contribution in [-0.2, 0) is 24.1 Å². The molecule has 5 nitrogen and oxygen atoms in total. The highest BCUT2D eigenvalue weighted by Gasteiger charge is 2.73. The molecule has 0 radical (unpaired) electrons. The topological polar surface area (TPSA) is 66.5 Å². The van der Waals surface area contributed by atoms with Gasteiger partial charge in [-0.25, -0.2) is 0 Å². The Morgan fingerprint density at radius 3 is 1.68 bits per heavy atom. The van der Waals surface area contributed by atoms with E-state index in [-0.39, 0.29) is 5.92 Å². The number of carbonyl (C=O) groups excluding carboxylic acids is 3. The van der Waals surface area contributed by atoms with E-state index in [0.717, 1.165) is 37.9 Å². The summed E-state index contributed by atoms with van der Waals surface area (Å²) in [5.74, 6) is -3.62. The Morgan fingerprint density at radius 1 is 0.725 bits per heavy atom. The third-order valence-corrected chi connectivity index (χ3v) is 10.1. The number of hydrogen-bond donors (Lipinski definition) is 1. The normalized spacial score (nSPS) is 27.0. The van der Waals surface area contributed by atoms with Crippen molar-refractivity contribution in [2.24, 2.45) is 17.8 Å². The Hall–Kier alpha value is -3.67. The highest BCUT2D eigenvalue weighted by Crippen LogP contribution is 2.69. The second-order valence-corrected chi connectivity index (χ2v) is 12.4. The van der Waals surface area contributed by atoms with Crippen LogP contribution < -0.4 is 5.32 Å². The zero-order valence-electron chi connectivity index (χ0n) is 21.9. The van der Waals surface area contributed by atoms with E-state index in [9.17, 15) is 14.4 Å². The Kier molecular flexibility index (Phi) is 5.48.